The average molecular weight is 173 g/mol. The highest BCUT2D eigenvalue weighted by Gasteiger charge is 2.48. The van der Waals surface area contributed by atoms with E-state index in [1.807, 2.05) is 0 Å². The lowest BCUT2D eigenvalue weighted by Crippen LogP contribution is -2.29. The van der Waals surface area contributed by atoms with Crippen molar-refractivity contribution >= 4 is 0 Å². The molecule has 2 aliphatic carbocycles. The van der Waals surface area contributed by atoms with Gasteiger partial charge in [0.25, 0.3) is 0 Å². The molecule has 1 heteroatoms. The molecule has 0 spiro atoms. The van der Waals surface area contributed by atoms with Gasteiger partial charge in [-0.05, 0) is 36.8 Å². The first-order chi connectivity index (χ1) is 6.30. The zero-order chi connectivity index (χ0) is 8.89. The van der Waals surface area contributed by atoms with Gasteiger partial charge in [0.05, 0.1) is 0 Å². The lowest BCUT2D eigenvalue weighted by atomic mass is 9.92. The van der Waals surface area contributed by atoms with Gasteiger partial charge in [0.15, 0.2) is 0 Å². The average Bonchev–Trinajstić information content (AvgIpc) is 2.76. The Kier molecular flexibility index (Phi) is 1.37. The van der Waals surface area contributed by atoms with E-state index in [9.17, 15) is 0 Å². The van der Waals surface area contributed by atoms with Crippen LogP contribution in [0.25, 0.3) is 0 Å². The molecule has 0 heterocycles. The number of benzene rings is 1. The lowest BCUT2D eigenvalue weighted by Gasteiger charge is -2.18. The number of aryl methyl sites for hydroxylation is 1. The molecule has 0 radical (unpaired) electrons. The first kappa shape index (κ1) is 7.57. The highest BCUT2D eigenvalue weighted by Crippen LogP contribution is 2.50. The second-order valence-corrected chi connectivity index (χ2v) is 4.52. The monoisotopic (exact) mass is 173 g/mol. The topological polar surface area (TPSA) is 26.0 Å². The summed E-state index contributed by atoms with van der Waals surface area (Å²) in [5.41, 5.74) is 9.50. The summed E-state index contributed by atoms with van der Waals surface area (Å²) < 4.78 is 0. The van der Waals surface area contributed by atoms with Gasteiger partial charge in [-0.3, -0.25) is 0 Å². The second kappa shape index (κ2) is 2.36. The standard InChI is InChI=1S/C12H15N/c13-12(7-8-12)11-6-5-9-3-1-2-4-10(9)11/h1-4,11H,5-8,13H2. The SMILES string of the molecule is NC1(C2CCc3ccccc32)CC1. The van der Waals surface area contributed by atoms with E-state index in [2.05, 4.69) is 24.3 Å². The summed E-state index contributed by atoms with van der Waals surface area (Å²) in [7, 11) is 0. The molecular formula is C12H15N. The maximum absolute atomic E-state index is 6.27. The molecule has 3 rings (SSSR count). The molecule has 2 N–H and O–H groups in total. The zero-order valence-corrected chi connectivity index (χ0v) is 7.79. The third kappa shape index (κ3) is 1.03. The summed E-state index contributed by atoms with van der Waals surface area (Å²) >= 11 is 0. The van der Waals surface area contributed by atoms with Crippen molar-refractivity contribution in [2.24, 2.45) is 5.73 Å². The summed E-state index contributed by atoms with van der Waals surface area (Å²) in [6.45, 7) is 0. The summed E-state index contributed by atoms with van der Waals surface area (Å²) in [4.78, 5) is 0. The molecule has 1 nitrogen and oxygen atoms in total. The summed E-state index contributed by atoms with van der Waals surface area (Å²) in [6.07, 6.45) is 4.97. The summed E-state index contributed by atoms with van der Waals surface area (Å²) in [6, 6.07) is 8.79. The molecule has 1 unspecified atom stereocenters. The van der Waals surface area contributed by atoms with Crippen LogP contribution in [0.1, 0.15) is 36.3 Å². The molecule has 2 aliphatic rings. The fourth-order valence-electron chi connectivity index (χ4n) is 2.65. The van der Waals surface area contributed by atoms with Crippen LogP contribution in [0.2, 0.25) is 0 Å². The van der Waals surface area contributed by atoms with Gasteiger partial charge in [-0.15, -0.1) is 0 Å². The zero-order valence-electron chi connectivity index (χ0n) is 7.79. The molecule has 0 bridgehead atoms. The molecule has 0 aliphatic heterocycles. The smallest absolute Gasteiger partial charge is 0.0225 e. The van der Waals surface area contributed by atoms with Crippen LogP contribution in [-0.4, -0.2) is 5.54 Å². The van der Waals surface area contributed by atoms with E-state index in [4.69, 9.17) is 5.73 Å². The maximum Gasteiger partial charge on any atom is 0.0225 e. The van der Waals surface area contributed by atoms with Crippen LogP contribution in [-0.2, 0) is 6.42 Å². The lowest BCUT2D eigenvalue weighted by molar-refractivity contribution is 0.516. The maximum atomic E-state index is 6.27. The van der Waals surface area contributed by atoms with E-state index >= 15 is 0 Å². The van der Waals surface area contributed by atoms with Crippen LogP contribution >= 0.6 is 0 Å². The predicted molar refractivity (Wildman–Crippen MR) is 53.7 cm³/mol. The highest BCUT2D eigenvalue weighted by atomic mass is 14.8. The third-order valence-electron chi connectivity index (χ3n) is 3.65. The Morgan fingerprint density at radius 3 is 2.77 bits per heavy atom. The van der Waals surface area contributed by atoms with Crippen LogP contribution in [0.4, 0.5) is 0 Å². The van der Waals surface area contributed by atoms with Crippen molar-refractivity contribution in [3.63, 3.8) is 0 Å². The van der Waals surface area contributed by atoms with Gasteiger partial charge >= 0.3 is 0 Å². The Bertz CT molecular complexity index is 339. The Hall–Kier alpha value is -0.820. The molecule has 0 saturated heterocycles. The molecule has 1 aromatic rings. The van der Waals surface area contributed by atoms with Crippen LogP contribution in [0.3, 0.4) is 0 Å². The van der Waals surface area contributed by atoms with Gasteiger partial charge in [-0.25, -0.2) is 0 Å². The van der Waals surface area contributed by atoms with Crippen molar-refractivity contribution < 1.29 is 0 Å². The minimum Gasteiger partial charge on any atom is -0.325 e. The van der Waals surface area contributed by atoms with Crippen molar-refractivity contribution in [3.05, 3.63) is 35.4 Å². The minimum absolute atomic E-state index is 0.173. The molecule has 1 fully saturated rings. The molecule has 1 saturated carbocycles. The number of rotatable bonds is 1. The van der Waals surface area contributed by atoms with Crippen molar-refractivity contribution in [2.45, 2.75) is 37.1 Å². The Labute approximate surface area is 78.9 Å². The van der Waals surface area contributed by atoms with Gasteiger partial charge in [0.2, 0.25) is 0 Å². The van der Waals surface area contributed by atoms with Gasteiger partial charge in [0, 0.05) is 11.5 Å². The Morgan fingerprint density at radius 1 is 1.23 bits per heavy atom. The van der Waals surface area contributed by atoms with E-state index < -0.39 is 0 Å². The van der Waals surface area contributed by atoms with E-state index in [0.29, 0.717) is 5.92 Å². The van der Waals surface area contributed by atoms with Crippen molar-refractivity contribution in [1.82, 2.24) is 0 Å². The van der Waals surface area contributed by atoms with E-state index in [-0.39, 0.29) is 5.54 Å². The van der Waals surface area contributed by atoms with Crippen LogP contribution in [0, 0.1) is 0 Å². The molecule has 0 aromatic heterocycles. The van der Waals surface area contributed by atoms with E-state index in [1.54, 1.807) is 0 Å². The normalized spacial score (nSPS) is 28.5. The van der Waals surface area contributed by atoms with Gasteiger partial charge in [0.1, 0.15) is 0 Å². The largest absolute Gasteiger partial charge is 0.325 e. The Balaban J connectivity index is 2.02. The van der Waals surface area contributed by atoms with Gasteiger partial charge in [-0.1, -0.05) is 24.3 Å². The number of hydrogen-bond donors (Lipinski definition) is 1. The van der Waals surface area contributed by atoms with Crippen LogP contribution in [0.15, 0.2) is 24.3 Å². The minimum atomic E-state index is 0.173. The van der Waals surface area contributed by atoms with Crippen LogP contribution < -0.4 is 5.73 Å². The molecule has 13 heavy (non-hydrogen) atoms. The fourth-order valence-corrected chi connectivity index (χ4v) is 2.65. The summed E-state index contributed by atoms with van der Waals surface area (Å²) in [5.74, 6) is 0.656. The quantitative estimate of drug-likeness (QED) is 0.692. The molecule has 1 atom stereocenters. The van der Waals surface area contributed by atoms with E-state index in [0.717, 1.165) is 0 Å². The van der Waals surface area contributed by atoms with Crippen molar-refractivity contribution in [2.75, 3.05) is 0 Å². The first-order valence-electron chi connectivity index (χ1n) is 5.16. The number of nitrogens with two attached hydrogens (primary N) is 1. The highest BCUT2D eigenvalue weighted by molar-refractivity contribution is 5.39. The first-order valence-corrected chi connectivity index (χ1v) is 5.16. The number of hydrogen-bond acceptors (Lipinski definition) is 1. The molecule has 0 amide bonds. The van der Waals surface area contributed by atoms with Crippen molar-refractivity contribution in [1.29, 1.82) is 0 Å². The molecule has 68 valence electrons. The third-order valence-corrected chi connectivity index (χ3v) is 3.65. The van der Waals surface area contributed by atoms with E-state index in [1.165, 1.54) is 36.8 Å². The van der Waals surface area contributed by atoms with Gasteiger partial charge < -0.3 is 5.73 Å². The fraction of sp³-hybridized carbons (Fsp3) is 0.500. The number of fused-ring (bicyclic) bond motifs is 1. The predicted octanol–water partition coefficient (Wildman–Crippen LogP) is 2.21. The van der Waals surface area contributed by atoms with Crippen molar-refractivity contribution in [3.8, 4) is 0 Å². The van der Waals surface area contributed by atoms with Gasteiger partial charge in [-0.2, -0.15) is 0 Å². The molecular weight excluding hydrogens is 158 g/mol. The second-order valence-electron chi connectivity index (χ2n) is 4.52. The summed E-state index contributed by atoms with van der Waals surface area (Å²) in [5, 5.41) is 0. The molecule has 1 aromatic carbocycles. The van der Waals surface area contributed by atoms with Crippen LogP contribution in [0.5, 0.6) is 0 Å². The Morgan fingerprint density at radius 2 is 2.00 bits per heavy atom.